The van der Waals surface area contributed by atoms with Gasteiger partial charge in [0.2, 0.25) is 11.8 Å². The van der Waals surface area contributed by atoms with Gasteiger partial charge in [-0.15, -0.1) is 0 Å². The summed E-state index contributed by atoms with van der Waals surface area (Å²) >= 11 is 0. The lowest BCUT2D eigenvalue weighted by atomic mass is 10.1. The highest BCUT2D eigenvalue weighted by molar-refractivity contribution is 6.05. The number of anilines is 1. The molecule has 1 heterocycles. The van der Waals surface area contributed by atoms with Crippen LogP contribution in [0.1, 0.15) is 15.9 Å². The quantitative estimate of drug-likeness (QED) is 0.619. The fourth-order valence-corrected chi connectivity index (χ4v) is 2.41. The number of carbonyl (C=O) groups excluding carboxylic acids is 2. The molecule has 0 fully saturated rings. The summed E-state index contributed by atoms with van der Waals surface area (Å²) in [6, 6.07) is 14.0. The topological polar surface area (TPSA) is 93.2 Å². The van der Waals surface area contributed by atoms with Crippen LogP contribution in [-0.4, -0.2) is 21.8 Å². The van der Waals surface area contributed by atoms with Crippen LogP contribution in [0.5, 0.6) is 11.6 Å². The molecule has 2 amide bonds. The average molecular weight is 374 g/mol. The lowest BCUT2D eigenvalue weighted by Crippen LogP contribution is -2.22. The van der Waals surface area contributed by atoms with E-state index < -0.39 is 0 Å². The van der Waals surface area contributed by atoms with Crippen molar-refractivity contribution in [1.82, 2.24) is 15.3 Å². The number of hydrogen-bond donors (Lipinski definition) is 2. The van der Waals surface area contributed by atoms with Crippen molar-refractivity contribution >= 4 is 17.5 Å². The number of ether oxygens (including phenoxy) is 1. The number of hydrogen-bond acceptors (Lipinski definition) is 5. The van der Waals surface area contributed by atoms with Crippen LogP contribution >= 0.6 is 0 Å². The summed E-state index contributed by atoms with van der Waals surface area (Å²) < 4.78 is 5.57. The Balaban J connectivity index is 1.66. The van der Waals surface area contributed by atoms with Crippen molar-refractivity contribution in [1.29, 1.82) is 0 Å². The number of amides is 2. The second kappa shape index (κ2) is 9.09. The van der Waals surface area contributed by atoms with Crippen LogP contribution in [0.4, 0.5) is 5.69 Å². The lowest BCUT2D eigenvalue weighted by molar-refractivity contribution is -0.116. The SMILES string of the molecule is C=CC(=O)NCc1ccccc1C(=O)Nc1ccc(Oc2cnccn2)cc1. The normalized spacial score (nSPS) is 10.0. The van der Waals surface area contributed by atoms with Crippen LogP contribution in [0.2, 0.25) is 0 Å². The molecule has 0 saturated carbocycles. The number of benzene rings is 2. The van der Waals surface area contributed by atoms with Crippen molar-refractivity contribution in [2.45, 2.75) is 6.54 Å². The number of rotatable bonds is 7. The molecule has 0 atom stereocenters. The zero-order chi connectivity index (χ0) is 19.8. The van der Waals surface area contributed by atoms with Gasteiger partial charge in [0.05, 0.1) is 6.20 Å². The Morgan fingerprint density at radius 1 is 1.07 bits per heavy atom. The number of nitrogens with one attached hydrogen (secondary N) is 2. The number of carbonyl (C=O) groups is 2. The zero-order valence-electron chi connectivity index (χ0n) is 15.0. The van der Waals surface area contributed by atoms with Crippen molar-refractivity contribution < 1.29 is 14.3 Å². The van der Waals surface area contributed by atoms with Gasteiger partial charge >= 0.3 is 0 Å². The molecular weight excluding hydrogens is 356 g/mol. The van der Waals surface area contributed by atoms with E-state index in [1.807, 2.05) is 6.07 Å². The van der Waals surface area contributed by atoms with Crippen molar-refractivity contribution in [2.75, 3.05) is 5.32 Å². The standard InChI is InChI=1S/C21H18N4O3/c1-2-19(26)24-13-15-5-3-4-6-18(15)21(27)25-16-7-9-17(10-8-16)28-20-14-22-11-12-23-20/h2-12,14H,1,13H2,(H,24,26)(H,25,27). The monoisotopic (exact) mass is 374 g/mol. The van der Waals surface area contributed by atoms with E-state index in [0.29, 0.717) is 28.4 Å². The van der Waals surface area contributed by atoms with E-state index in [0.717, 1.165) is 0 Å². The van der Waals surface area contributed by atoms with Gasteiger partial charge in [-0.05, 0) is 42.0 Å². The third kappa shape index (κ3) is 5.01. The fraction of sp³-hybridized carbons (Fsp3) is 0.0476. The van der Waals surface area contributed by atoms with Crippen LogP contribution < -0.4 is 15.4 Å². The molecule has 7 heteroatoms. The molecule has 140 valence electrons. The highest BCUT2D eigenvalue weighted by Crippen LogP contribution is 2.21. The third-order valence-corrected chi connectivity index (χ3v) is 3.77. The molecule has 0 aliphatic carbocycles. The van der Waals surface area contributed by atoms with E-state index in [4.69, 9.17) is 4.74 Å². The van der Waals surface area contributed by atoms with Gasteiger partial charge in [0.25, 0.3) is 5.91 Å². The first kappa shape index (κ1) is 18.8. The molecule has 0 bridgehead atoms. The maximum atomic E-state index is 12.6. The maximum absolute atomic E-state index is 12.6. The average Bonchev–Trinajstić information content (AvgIpc) is 2.74. The molecular formula is C21H18N4O3. The number of nitrogens with zero attached hydrogens (tertiary/aromatic N) is 2. The Labute approximate surface area is 162 Å². The molecule has 0 spiro atoms. The van der Waals surface area contributed by atoms with Gasteiger partial charge in [0.15, 0.2) is 0 Å². The molecule has 0 unspecified atom stereocenters. The first-order chi connectivity index (χ1) is 13.7. The van der Waals surface area contributed by atoms with E-state index in [1.54, 1.807) is 54.9 Å². The summed E-state index contributed by atoms with van der Waals surface area (Å²) in [4.78, 5) is 32.0. The number of aromatic nitrogens is 2. The minimum Gasteiger partial charge on any atom is -0.438 e. The second-order valence-electron chi connectivity index (χ2n) is 5.70. The third-order valence-electron chi connectivity index (χ3n) is 3.77. The fourth-order valence-electron chi connectivity index (χ4n) is 2.41. The minimum absolute atomic E-state index is 0.235. The van der Waals surface area contributed by atoms with E-state index in [2.05, 4.69) is 27.2 Å². The first-order valence-electron chi connectivity index (χ1n) is 8.49. The molecule has 2 N–H and O–H groups in total. The highest BCUT2D eigenvalue weighted by Gasteiger charge is 2.12. The summed E-state index contributed by atoms with van der Waals surface area (Å²) in [6.07, 6.45) is 5.80. The lowest BCUT2D eigenvalue weighted by Gasteiger charge is -2.11. The Hall–Kier alpha value is -4.00. The van der Waals surface area contributed by atoms with Gasteiger partial charge in [-0.25, -0.2) is 4.98 Å². The molecule has 3 aromatic rings. The molecule has 1 aromatic heterocycles. The summed E-state index contributed by atoms with van der Waals surface area (Å²) in [5, 5.41) is 5.51. The van der Waals surface area contributed by atoms with Gasteiger partial charge in [-0.1, -0.05) is 24.8 Å². The first-order valence-corrected chi connectivity index (χ1v) is 8.49. The molecule has 3 rings (SSSR count). The van der Waals surface area contributed by atoms with Crippen molar-refractivity contribution in [3.63, 3.8) is 0 Å². The van der Waals surface area contributed by atoms with Crippen LogP contribution in [-0.2, 0) is 11.3 Å². The predicted molar refractivity (Wildman–Crippen MR) is 105 cm³/mol. The molecule has 7 nitrogen and oxygen atoms in total. The molecule has 0 aliphatic rings. The van der Waals surface area contributed by atoms with Crippen molar-refractivity contribution in [3.05, 3.63) is 90.9 Å². The van der Waals surface area contributed by atoms with Gasteiger partial charge < -0.3 is 15.4 Å². The summed E-state index contributed by atoms with van der Waals surface area (Å²) in [7, 11) is 0. The predicted octanol–water partition coefficient (Wildman–Crippen LogP) is 3.32. The summed E-state index contributed by atoms with van der Waals surface area (Å²) in [5.41, 5.74) is 1.80. The molecule has 0 radical (unpaired) electrons. The molecule has 2 aromatic carbocycles. The Morgan fingerprint density at radius 3 is 2.57 bits per heavy atom. The van der Waals surface area contributed by atoms with Crippen LogP contribution in [0.25, 0.3) is 0 Å². The van der Waals surface area contributed by atoms with Crippen LogP contribution in [0.3, 0.4) is 0 Å². The van der Waals surface area contributed by atoms with Gasteiger partial charge in [-0.3, -0.25) is 14.6 Å². The van der Waals surface area contributed by atoms with Gasteiger partial charge in [0.1, 0.15) is 5.75 Å². The van der Waals surface area contributed by atoms with Crippen LogP contribution in [0.15, 0.2) is 79.8 Å². The Morgan fingerprint density at radius 2 is 1.86 bits per heavy atom. The smallest absolute Gasteiger partial charge is 0.256 e. The molecule has 0 aliphatic heterocycles. The zero-order valence-corrected chi connectivity index (χ0v) is 15.0. The van der Waals surface area contributed by atoms with E-state index in [1.165, 1.54) is 12.3 Å². The minimum atomic E-state index is -0.297. The Kier molecular flexibility index (Phi) is 6.10. The van der Waals surface area contributed by atoms with E-state index >= 15 is 0 Å². The van der Waals surface area contributed by atoms with Crippen molar-refractivity contribution in [3.8, 4) is 11.6 Å². The Bertz CT molecular complexity index is 972. The molecule has 28 heavy (non-hydrogen) atoms. The van der Waals surface area contributed by atoms with Gasteiger partial charge in [-0.2, -0.15) is 0 Å². The summed E-state index contributed by atoms with van der Waals surface area (Å²) in [5.74, 6) is 0.390. The summed E-state index contributed by atoms with van der Waals surface area (Å²) in [6.45, 7) is 3.65. The van der Waals surface area contributed by atoms with E-state index in [-0.39, 0.29) is 18.4 Å². The second-order valence-corrected chi connectivity index (χ2v) is 5.70. The van der Waals surface area contributed by atoms with Crippen LogP contribution in [0, 0.1) is 0 Å². The van der Waals surface area contributed by atoms with Crippen molar-refractivity contribution in [2.24, 2.45) is 0 Å². The largest absolute Gasteiger partial charge is 0.438 e. The van der Waals surface area contributed by atoms with Gasteiger partial charge in [0, 0.05) is 30.2 Å². The highest BCUT2D eigenvalue weighted by atomic mass is 16.5. The maximum Gasteiger partial charge on any atom is 0.256 e. The van der Waals surface area contributed by atoms with E-state index in [9.17, 15) is 9.59 Å². The molecule has 0 saturated heterocycles.